The van der Waals surface area contributed by atoms with Crippen molar-refractivity contribution in [3.63, 3.8) is 0 Å². The second kappa shape index (κ2) is 4.89. The highest BCUT2D eigenvalue weighted by molar-refractivity contribution is 7.07. The summed E-state index contributed by atoms with van der Waals surface area (Å²) in [5.74, 6) is 0.534. The first-order valence-corrected chi connectivity index (χ1v) is 6.31. The van der Waals surface area contributed by atoms with Gasteiger partial charge in [-0.3, -0.25) is 0 Å². The summed E-state index contributed by atoms with van der Waals surface area (Å²) in [5.41, 5.74) is 6.77. The summed E-state index contributed by atoms with van der Waals surface area (Å²) in [5, 5.41) is 0.335. The molecule has 2 aromatic rings. The van der Waals surface area contributed by atoms with Crippen molar-refractivity contribution in [2.45, 2.75) is 26.7 Å². The van der Waals surface area contributed by atoms with Crippen molar-refractivity contribution in [2.24, 2.45) is 0 Å². The van der Waals surface area contributed by atoms with Crippen molar-refractivity contribution in [1.82, 2.24) is 9.36 Å². The molecule has 0 fully saturated rings. The van der Waals surface area contributed by atoms with Crippen molar-refractivity contribution >= 4 is 17.2 Å². The van der Waals surface area contributed by atoms with Crippen LogP contribution in [0.4, 0.5) is 10.1 Å². The van der Waals surface area contributed by atoms with Crippen molar-refractivity contribution in [2.75, 3.05) is 5.73 Å². The topological polar surface area (TPSA) is 61.0 Å². The Morgan fingerprint density at radius 1 is 1.39 bits per heavy atom. The number of nitrogen functional groups attached to an aromatic ring is 1. The van der Waals surface area contributed by atoms with Crippen LogP contribution in [-0.4, -0.2) is 9.36 Å². The quantitative estimate of drug-likeness (QED) is 0.865. The summed E-state index contributed by atoms with van der Waals surface area (Å²) in [6.45, 7) is 5.76. The highest BCUT2D eigenvalue weighted by atomic mass is 32.1. The molecule has 0 aliphatic heterocycles. The molecule has 6 heteroatoms. The number of hydrogen-bond donors (Lipinski definition) is 1. The average Bonchev–Trinajstić information content (AvgIpc) is 2.74. The molecule has 4 nitrogen and oxygen atoms in total. The summed E-state index contributed by atoms with van der Waals surface area (Å²) >= 11 is 1.11. The third-order valence-electron chi connectivity index (χ3n) is 2.46. The van der Waals surface area contributed by atoms with Crippen LogP contribution < -0.4 is 10.5 Å². The van der Waals surface area contributed by atoms with E-state index >= 15 is 0 Å². The standard InChI is InChI=1S/C12H14FN3OS/c1-6(2)11-15-12(18-16-11)17-10-4-7(3)9(14)5-8(10)13/h4-6H,14H2,1-3H3. The molecule has 96 valence electrons. The average molecular weight is 267 g/mol. The highest BCUT2D eigenvalue weighted by Crippen LogP contribution is 2.30. The number of halogens is 1. The first kappa shape index (κ1) is 12.8. The molecule has 0 unspecified atom stereocenters. The van der Waals surface area contributed by atoms with Crippen LogP contribution in [0.15, 0.2) is 12.1 Å². The van der Waals surface area contributed by atoms with Crippen LogP contribution in [0.5, 0.6) is 10.9 Å². The largest absolute Gasteiger partial charge is 0.427 e. The fraction of sp³-hybridized carbons (Fsp3) is 0.333. The van der Waals surface area contributed by atoms with Crippen LogP contribution in [0.2, 0.25) is 0 Å². The molecule has 0 saturated heterocycles. The molecule has 0 bridgehead atoms. The van der Waals surface area contributed by atoms with E-state index < -0.39 is 5.82 Å². The van der Waals surface area contributed by atoms with Crippen LogP contribution in [0, 0.1) is 12.7 Å². The minimum absolute atomic E-state index is 0.119. The zero-order valence-electron chi connectivity index (χ0n) is 10.4. The molecular formula is C12H14FN3OS. The molecule has 0 aliphatic rings. The Hall–Kier alpha value is -1.69. The van der Waals surface area contributed by atoms with E-state index in [1.54, 1.807) is 13.0 Å². The summed E-state index contributed by atoms with van der Waals surface area (Å²) < 4.78 is 23.2. The van der Waals surface area contributed by atoms with Gasteiger partial charge in [-0.05, 0) is 18.6 Å². The van der Waals surface area contributed by atoms with Gasteiger partial charge in [-0.2, -0.15) is 9.36 Å². The molecule has 1 heterocycles. The molecular weight excluding hydrogens is 253 g/mol. The van der Waals surface area contributed by atoms with Crippen molar-refractivity contribution in [1.29, 1.82) is 0 Å². The lowest BCUT2D eigenvalue weighted by molar-refractivity contribution is 0.437. The van der Waals surface area contributed by atoms with Gasteiger partial charge in [-0.1, -0.05) is 13.8 Å². The van der Waals surface area contributed by atoms with E-state index in [0.29, 0.717) is 16.7 Å². The number of benzene rings is 1. The Bertz CT molecular complexity index is 568. The Kier molecular flexibility index (Phi) is 3.47. The van der Waals surface area contributed by atoms with Crippen LogP contribution in [0.25, 0.3) is 0 Å². The van der Waals surface area contributed by atoms with Gasteiger partial charge in [-0.15, -0.1) is 0 Å². The van der Waals surface area contributed by atoms with E-state index in [0.717, 1.165) is 17.1 Å². The van der Waals surface area contributed by atoms with Gasteiger partial charge in [0.15, 0.2) is 11.6 Å². The fourth-order valence-corrected chi connectivity index (χ4v) is 2.02. The van der Waals surface area contributed by atoms with Crippen molar-refractivity contribution < 1.29 is 9.13 Å². The molecule has 0 spiro atoms. The number of hydrogen-bond acceptors (Lipinski definition) is 5. The van der Waals surface area contributed by atoms with E-state index in [2.05, 4.69) is 9.36 Å². The number of aryl methyl sites for hydroxylation is 1. The smallest absolute Gasteiger partial charge is 0.298 e. The lowest BCUT2D eigenvalue weighted by Gasteiger charge is -2.06. The normalized spacial score (nSPS) is 10.9. The summed E-state index contributed by atoms with van der Waals surface area (Å²) in [7, 11) is 0. The maximum absolute atomic E-state index is 13.6. The molecule has 0 radical (unpaired) electrons. The van der Waals surface area contributed by atoms with Crippen molar-refractivity contribution in [3.8, 4) is 10.9 Å². The highest BCUT2D eigenvalue weighted by Gasteiger charge is 2.12. The maximum Gasteiger partial charge on any atom is 0.298 e. The Morgan fingerprint density at radius 2 is 2.11 bits per heavy atom. The molecule has 0 atom stereocenters. The lowest BCUT2D eigenvalue weighted by atomic mass is 10.2. The molecule has 0 aliphatic carbocycles. The van der Waals surface area contributed by atoms with Gasteiger partial charge >= 0.3 is 0 Å². The molecule has 2 N–H and O–H groups in total. The SMILES string of the molecule is Cc1cc(Oc2nc(C(C)C)ns2)c(F)cc1N. The zero-order chi connectivity index (χ0) is 13.3. The number of anilines is 1. The second-order valence-corrected chi connectivity index (χ2v) is 5.03. The van der Waals surface area contributed by atoms with Crippen molar-refractivity contribution in [3.05, 3.63) is 29.3 Å². The van der Waals surface area contributed by atoms with Crippen LogP contribution in [-0.2, 0) is 0 Å². The van der Waals surface area contributed by atoms with Gasteiger partial charge in [0.2, 0.25) is 0 Å². The molecule has 0 saturated carbocycles. The Morgan fingerprint density at radius 3 is 2.72 bits per heavy atom. The first-order chi connectivity index (χ1) is 8.47. The van der Waals surface area contributed by atoms with E-state index in [1.807, 2.05) is 13.8 Å². The maximum atomic E-state index is 13.6. The van der Waals surface area contributed by atoms with Gasteiger partial charge in [-0.25, -0.2) is 4.39 Å². The molecule has 18 heavy (non-hydrogen) atoms. The number of nitrogens with two attached hydrogens (primary N) is 1. The number of rotatable bonds is 3. The monoisotopic (exact) mass is 267 g/mol. The first-order valence-electron chi connectivity index (χ1n) is 5.54. The van der Waals surface area contributed by atoms with Crippen LogP contribution in [0.3, 0.4) is 0 Å². The predicted octanol–water partition coefficient (Wildman–Crippen LogP) is 3.48. The van der Waals surface area contributed by atoms with Gasteiger partial charge in [0.1, 0.15) is 5.82 Å². The third-order valence-corrected chi connectivity index (χ3v) is 3.07. The van der Waals surface area contributed by atoms with Gasteiger partial charge in [0.05, 0.1) is 0 Å². The van der Waals surface area contributed by atoms with Gasteiger partial charge < -0.3 is 10.5 Å². The summed E-state index contributed by atoms with van der Waals surface area (Å²) in [4.78, 5) is 4.19. The fourth-order valence-electron chi connectivity index (χ4n) is 1.34. The van der Waals surface area contributed by atoms with E-state index in [9.17, 15) is 4.39 Å². The summed E-state index contributed by atoms with van der Waals surface area (Å²) in [6, 6.07) is 2.80. The third kappa shape index (κ3) is 2.59. The van der Waals surface area contributed by atoms with E-state index in [1.165, 1.54) is 6.07 Å². The molecule has 0 amide bonds. The van der Waals surface area contributed by atoms with E-state index in [-0.39, 0.29) is 11.7 Å². The van der Waals surface area contributed by atoms with Gasteiger partial charge in [0.25, 0.3) is 5.19 Å². The lowest BCUT2D eigenvalue weighted by Crippen LogP contribution is -1.95. The summed E-state index contributed by atoms with van der Waals surface area (Å²) in [6.07, 6.45) is 0. The minimum Gasteiger partial charge on any atom is -0.427 e. The minimum atomic E-state index is -0.501. The van der Waals surface area contributed by atoms with Crippen LogP contribution in [0.1, 0.15) is 31.2 Å². The Balaban J connectivity index is 2.25. The van der Waals surface area contributed by atoms with Gasteiger partial charge in [0, 0.05) is 29.2 Å². The zero-order valence-corrected chi connectivity index (χ0v) is 11.2. The predicted molar refractivity (Wildman–Crippen MR) is 69.6 cm³/mol. The molecule has 1 aromatic carbocycles. The Labute approximate surface area is 109 Å². The van der Waals surface area contributed by atoms with Crippen LogP contribution >= 0.6 is 11.5 Å². The second-order valence-electron chi connectivity index (χ2n) is 4.31. The van der Waals surface area contributed by atoms with E-state index in [4.69, 9.17) is 10.5 Å². The number of ether oxygens (including phenoxy) is 1. The number of aromatic nitrogens is 2. The molecule has 1 aromatic heterocycles. The molecule has 2 rings (SSSR count). The number of nitrogens with zero attached hydrogens (tertiary/aromatic N) is 2.